The molecule has 0 saturated heterocycles. The van der Waals surface area contributed by atoms with E-state index in [1.807, 2.05) is 19.9 Å². The molecule has 0 bridgehead atoms. The zero-order valence-corrected chi connectivity index (χ0v) is 12.7. The molecule has 0 fully saturated rings. The molecule has 0 radical (unpaired) electrons. The van der Waals surface area contributed by atoms with Crippen LogP contribution in [0, 0.1) is 6.92 Å². The highest BCUT2D eigenvalue weighted by Crippen LogP contribution is 2.23. The highest BCUT2D eigenvalue weighted by Gasteiger charge is 2.10. The maximum atomic E-state index is 5.74. The normalized spacial score (nSPS) is 11.3. The molecule has 3 heteroatoms. The number of benzene rings is 1. The molecule has 1 aromatic carbocycles. The van der Waals surface area contributed by atoms with E-state index in [0.29, 0.717) is 25.7 Å². The average Bonchev–Trinajstić information content (AvgIpc) is 2.36. The van der Waals surface area contributed by atoms with Gasteiger partial charge in [-0.15, -0.1) is 0 Å². The molecule has 0 aliphatic carbocycles. The van der Waals surface area contributed by atoms with Crippen LogP contribution in [0.15, 0.2) is 18.2 Å². The summed E-state index contributed by atoms with van der Waals surface area (Å²) in [6.45, 7) is 12.1. The van der Waals surface area contributed by atoms with Crippen molar-refractivity contribution in [2.24, 2.45) is 0 Å². The molecule has 0 unspecified atom stereocenters. The summed E-state index contributed by atoms with van der Waals surface area (Å²) in [4.78, 5) is 0. The highest BCUT2D eigenvalue weighted by atomic mass is 16.7. The molecule has 1 aromatic rings. The third-order valence-electron chi connectivity index (χ3n) is 2.95. The zero-order valence-electron chi connectivity index (χ0n) is 12.7. The first-order valence-corrected chi connectivity index (χ1v) is 7.05. The summed E-state index contributed by atoms with van der Waals surface area (Å²) in [6, 6.07) is 6.22. The predicted molar refractivity (Wildman–Crippen MR) is 77.8 cm³/mol. The van der Waals surface area contributed by atoms with Gasteiger partial charge in [0.15, 0.2) is 6.29 Å². The summed E-state index contributed by atoms with van der Waals surface area (Å²) < 4.78 is 16.6. The molecule has 0 aromatic heterocycles. The fourth-order valence-corrected chi connectivity index (χ4v) is 2.07. The summed E-state index contributed by atoms with van der Waals surface area (Å²) >= 11 is 0. The van der Waals surface area contributed by atoms with Crippen LogP contribution in [-0.2, 0) is 9.47 Å². The van der Waals surface area contributed by atoms with Gasteiger partial charge in [0, 0.05) is 13.2 Å². The van der Waals surface area contributed by atoms with Crippen LogP contribution >= 0.6 is 0 Å². The van der Waals surface area contributed by atoms with Gasteiger partial charge in [0.1, 0.15) is 12.4 Å². The number of hydrogen-bond acceptors (Lipinski definition) is 3. The zero-order chi connectivity index (χ0) is 14.3. The quantitative estimate of drug-likeness (QED) is 0.668. The van der Waals surface area contributed by atoms with Crippen LogP contribution in [0.4, 0.5) is 0 Å². The van der Waals surface area contributed by atoms with Crippen molar-refractivity contribution in [2.45, 2.75) is 46.8 Å². The minimum atomic E-state index is -0.292. The standard InChI is InChI=1S/C16H26O3/c1-6-17-16(18-7-2)11-19-14-8-9-15(12(3)4)13(5)10-14/h8-10,12,16H,6-7,11H2,1-5H3. The fraction of sp³-hybridized carbons (Fsp3) is 0.625. The molecule has 3 nitrogen and oxygen atoms in total. The predicted octanol–water partition coefficient (Wildman–Crippen LogP) is 3.90. The summed E-state index contributed by atoms with van der Waals surface area (Å²) in [5.74, 6) is 1.40. The molecule has 0 aliphatic heterocycles. The Morgan fingerprint density at radius 1 is 1.05 bits per heavy atom. The summed E-state index contributed by atoms with van der Waals surface area (Å²) in [6.07, 6.45) is -0.292. The number of aryl methyl sites for hydroxylation is 1. The topological polar surface area (TPSA) is 27.7 Å². The summed E-state index contributed by atoms with van der Waals surface area (Å²) in [5.41, 5.74) is 2.62. The second-order valence-corrected chi connectivity index (χ2v) is 4.82. The Hall–Kier alpha value is -1.06. The van der Waals surface area contributed by atoms with Gasteiger partial charge in [-0.2, -0.15) is 0 Å². The smallest absolute Gasteiger partial charge is 0.191 e. The van der Waals surface area contributed by atoms with Gasteiger partial charge in [-0.05, 0) is 49.9 Å². The maximum absolute atomic E-state index is 5.74. The monoisotopic (exact) mass is 266 g/mol. The SMILES string of the molecule is CCOC(COc1ccc(C(C)C)c(C)c1)OCC. The van der Waals surface area contributed by atoms with Crippen molar-refractivity contribution in [1.82, 2.24) is 0 Å². The molecular weight excluding hydrogens is 240 g/mol. The lowest BCUT2D eigenvalue weighted by Gasteiger charge is -2.18. The van der Waals surface area contributed by atoms with Crippen LogP contribution in [0.2, 0.25) is 0 Å². The molecular formula is C16H26O3. The van der Waals surface area contributed by atoms with Crippen molar-refractivity contribution in [2.75, 3.05) is 19.8 Å². The molecule has 0 N–H and O–H groups in total. The summed E-state index contributed by atoms with van der Waals surface area (Å²) in [7, 11) is 0. The van der Waals surface area contributed by atoms with E-state index in [1.165, 1.54) is 11.1 Å². The van der Waals surface area contributed by atoms with Crippen LogP contribution < -0.4 is 4.74 Å². The number of hydrogen-bond donors (Lipinski definition) is 0. The maximum Gasteiger partial charge on any atom is 0.191 e. The second-order valence-electron chi connectivity index (χ2n) is 4.82. The minimum absolute atomic E-state index is 0.292. The van der Waals surface area contributed by atoms with Gasteiger partial charge in [-0.3, -0.25) is 0 Å². The third-order valence-corrected chi connectivity index (χ3v) is 2.95. The Morgan fingerprint density at radius 3 is 2.16 bits per heavy atom. The van der Waals surface area contributed by atoms with Gasteiger partial charge in [0.2, 0.25) is 0 Å². The Labute approximate surface area is 116 Å². The molecule has 1 rings (SSSR count). The molecule has 108 valence electrons. The second kappa shape index (κ2) is 8.18. The first-order valence-electron chi connectivity index (χ1n) is 7.05. The molecule has 0 aliphatic rings. The number of rotatable bonds is 8. The first-order chi connectivity index (χ1) is 9.08. The molecule has 19 heavy (non-hydrogen) atoms. The molecule has 0 saturated carbocycles. The fourth-order valence-electron chi connectivity index (χ4n) is 2.07. The first kappa shape index (κ1) is 16.0. The van der Waals surface area contributed by atoms with E-state index in [4.69, 9.17) is 14.2 Å². The summed E-state index contributed by atoms with van der Waals surface area (Å²) in [5, 5.41) is 0. The molecule has 0 atom stereocenters. The lowest BCUT2D eigenvalue weighted by molar-refractivity contribution is -0.152. The average molecular weight is 266 g/mol. The van der Waals surface area contributed by atoms with E-state index >= 15 is 0 Å². The minimum Gasteiger partial charge on any atom is -0.488 e. The van der Waals surface area contributed by atoms with Crippen molar-refractivity contribution in [3.63, 3.8) is 0 Å². The van der Waals surface area contributed by atoms with Gasteiger partial charge in [-0.1, -0.05) is 19.9 Å². The third kappa shape index (κ3) is 5.21. The molecule has 0 amide bonds. The van der Waals surface area contributed by atoms with Crippen LogP contribution in [-0.4, -0.2) is 26.1 Å². The Kier molecular flexibility index (Phi) is 6.89. The van der Waals surface area contributed by atoms with Crippen molar-refractivity contribution in [3.05, 3.63) is 29.3 Å². The van der Waals surface area contributed by atoms with Gasteiger partial charge in [-0.25, -0.2) is 0 Å². The lowest BCUT2D eigenvalue weighted by Crippen LogP contribution is -2.25. The Bertz CT molecular complexity index is 368. The van der Waals surface area contributed by atoms with E-state index in [1.54, 1.807) is 0 Å². The van der Waals surface area contributed by atoms with Gasteiger partial charge < -0.3 is 14.2 Å². The van der Waals surface area contributed by atoms with E-state index < -0.39 is 0 Å². The van der Waals surface area contributed by atoms with Crippen molar-refractivity contribution in [3.8, 4) is 5.75 Å². The number of ether oxygens (including phenoxy) is 3. The van der Waals surface area contributed by atoms with E-state index in [-0.39, 0.29) is 6.29 Å². The Morgan fingerprint density at radius 2 is 1.68 bits per heavy atom. The largest absolute Gasteiger partial charge is 0.488 e. The lowest BCUT2D eigenvalue weighted by atomic mass is 9.98. The van der Waals surface area contributed by atoms with E-state index in [9.17, 15) is 0 Å². The van der Waals surface area contributed by atoms with Gasteiger partial charge in [0.25, 0.3) is 0 Å². The Balaban J connectivity index is 2.59. The molecule has 0 heterocycles. The van der Waals surface area contributed by atoms with Crippen LogP contribution in [0.3, 0.4) is 0 Å². The molecule has 0 spiro atoms. The highest BCUT2D eigenvalue weighted by molar-refractivity contribution is 5.36. The van der Waals surface area contributed by atoms with Crippen molar-refractivity contribution < 1.29 is 14.2 Å². The van der Waals surface area contributed by atoms with Gasteiger partial charge in [0.05, 0.1) is 0 Å². The van der Waals surface area contributed by atoms with Crippen molar-refractivity contribution in [1.29, 1.82) is 0 Å². The van der Waals surface area contributed by atoms with E-state index in [2.05, 4.69) is 32.9 Å². The van der Waals surface area contributed by atoms with Crippen molar-refractivity contribution >= 4 is 0 Å². The van der Waals surface area contributed by atoms with Crippen LogP contribution in [0.1, 0.15) is 44.7 Å². The van der Waals surface area contributed by atoms with Crippen LogP contribution in [0.25, 0.3) is 0 Å². The van der Waals surface area contributed by atoms with Gasteiger partial charge >= 0.3 is 0 Å². The van der Waals surface area contributed by atoms with E-state index in [0.717, 1.165) is 5.75 Å². The van der Waals surface area contributed by atoms with Crippen LogP contribution in [0.5, 0.6) is 5.75 Å².